The van der Waals surface area contributed by atoms with E-state index in [-0.39, 0.29) is 10.6 Å². The van der Waals surface area contributed by atoms with Crippen molar-refractivity contribution in [3.05, 3.63) is 24.0 Å². The van der Waals surface area contributed by atoms with E-state index >= 15 is 0 Å². The van der Waals surface area contributed by atoms with Crippen molar-refractivity contribution in [3.63, 3.8) is 0 Å². The number of hydrogen-bond acceptors (Lipinski definition) is 5. The van der Waals surface area contributed by atoms with Crippen molar-refractivity contribution in [2.75, 3.05) is 0 Å². The van der Waals surface area contributed by atoms with Crippen LogP contribution in [0, 0.1) is 0 Å². The van der Waals surface area contributed by atoms with Gasteiger partial charge in [-0.1, -0.05) is 5.16 Å². The smallest absolute Gasteiger partial charge is 0.296 e. The van der Waals surface area contributed by atoms with Gasteiger partial charge in [0.2, 0.25) is 0 Å². The van der Waals surface area contributed by atoms with Gasteiger partial charge in [0, 0.05) is 6.20 Å². The molecule has 0 aliphatic rings. The van der Waals surface area contributed by atoms with Gasteiger partial charge in [-0.05, 0) is 12.1 Å². The number of rotatable bonds is 2. The molecule has 0 aliphatic heterocycles. The van der Waals surface area contributed by atoms with Crippen molar-refractivity contribution in [1.82, 2.24) is 4.98 Å². The number of aromatic nitrogens is 1. The molecule has 13 heavy (non-hydrogen) atoms. The molecular formula is C6H6N2O4S. The van der Waals surface area contributed by atoms with E-state index in [0.717, 1.165) is 18.5 Å². The Kier molecular flexibility index (Phi) is 2.59. The van der Waals surface area contributed by atoms with E-state index in [0.29, 0.717) is 0 Å². The van der Waals surface area contributed by atoms with Crippen LogP contribution in [-0.4, -0.2) is 29.4 Å². The van der Waals surface area contributed by atoms with E-state index in [4.69, 9.17) is 9.76 Å². The van der Waals surface area contributed by atoms with Gasteiger partial charge in [-0.15, -0.1) is 0 Å². The highest BCUT2D eigenvalue weighted by Crippen LogP contribution is 2.05. The van der Waals surface area contributed by atoms with Gasteiger partial charge < -0.3 is 5.21 Å². The Morgan fingerprint density at radius 2 is 2.15 bits per heavy atom. The van der Waals surface area contributed by atoms with Crippen LogP contribution in [-0.2, 0) is 10.1 Å². The summed E-state index contributed by atoms with van der Waals surface area (Å²) in [7, 11) is -4.20. The summed E-state index contributed by atoms with van der Waals surface area (Å²) in [6.45, 7) is 0. The molecule has 0 aliphatic carbocycles. The van der Waals surface area contributed by atoms with Crippen molar-refractivity contribution in [3.8, 4) is 0 Å². The fraction of sp³-hybridized carbons (Fsp3) is 0. The summed E-state index contributed by atoms with van der Waals surface area (Å²) in [4.78, 5) is 3.28. The maximum Gasteiger partial charge on any atom is 0.296 e. The normalized spacial score (nSPS) is 12.1. The molecule has 2 N–H and O–H groups in total. The summed E-state index contributed by atoms with van der Waals surface area (Å²) >= 11 is 0. The molecule has 0 aromatic carbocycles. The molecule has 7 heteroatoms. The first-order valence-corrected chi connectivity index (χ1v) is 4.59. The van der Waals surface area contributed by atoms with Gasteiger partial charge in [-0.2, -0.15) is 8.42 Å². The van der Waals surface area contributed by atoms with Crippen LogP contribution in [0.5, 0.6) is 0 Å². The van der Waals surface area contributed by atoms with Crippen molar-refractivity contribution in [2.24, 2.45) is 5.16 Å². The molecule has 0 unspecified atom stereocenters. The largest absolute Gasteiger partial charge is 0.411 e. The van der Waals surface area contributed by atoms with E-state index in [1.54, 1.807) is 0 Å². The van der Waals surface area contributed by atoms with Crippen LogP contribution in [0.25, 0.3) is 0 Å². The van der Waals surface area contributed by atoms with Crippen LogP contribution >= 0.6 is 0 Å². The second-order valence-electron chi connectivity index (χ2n) is 2.14. The van der Waals surface area contributed by atoms with Gasteiger partial charge in [-0.25, -0.2) is 0 Å². The van der Waals surface area contributed by atoms with E-state index in [1.807, 2.05) is 0 Å². The number of hydrogen-bond donors (Lipinski definition) is 2. The minimum Gasteiger partial charge on any atom is -0.411 e. The first-order chi connectivity index (χ1) is 6.04. The molecule has 6 nitrogen and oxygen atoms in total. The lowest BCUT2D eigenvalue weighted by Crippen LogP contribution is -1.99. The highest BCUT2D eigenvalue weighted by atomic mass is 32.2. The molecule has 1 aromatic rings. The topological polar surface area (TPSA) is 99.9 Å². The lowest BCUT2D eigenvalue weighted by atomic mass is 10.4. The summed E-state index contributed by atoms with van der Waals surface area (Å²) in [6.07, 6.45) is 2.00. The standard InChI is InChI=1S/C6H6N2O4S/c9-8-3-5-1-2-6(4-7-5)13(10,11)12/h1-4,9H,(H,10,11,12)/b8-3+. The number of oxime groups is 1. The van der Waals surface area contributed by atoms with Crippen LogP contribution in [0.4, 0.5) is 0 Å². The van der Waals surface area contributed by atoms with Crippen LogP contribution in [0.15, 0.2) is 28.4 Å². The second-order valence-corrected chi connectivity index (χ2v) is 3.56. The van der Waals surface area contributed by atoms with Gasteiger partial charge in [-0.3, -0.25) is 9.54 Å². The molecule has 0 saturated carbocycles. The maximum absolute atomic E-state index is 10.5. The van der Waals surface area contributed by atoms with Crippen LogP contribution in [0.1, 0.15) is 5.69 Å². The van der Waals surface area contributed by atoms with Crippen molar-refractivity contribution in [1.29, 1.82) is 0 Å². The van der Waals surface area contributed by atoms with Crippen LogP contribution in [0.2, 0.25) is 0 Å². The first-order valence-electron chi connectivity index (χ1n) is 3.15. The molecule has 1 aromatic heterocycles. The average molecular weight is 202 g/mol. The molecule has 1 heterocycles. The van der Waals surface area contributed by atoms with Crippen molar-refractivity contribution >= 4 is 16.3 Å². The van der Waals surface area contributed by atoms with E-state index in [9.17, 15) is 8.42 Å². The fourth-order valence-electron chi connectivity index (χ4n) is 0.680. The molecule has 1 rings (SSSR count). The lowest BCUT2D eigenvalue weighted by molar-refractivity contribution is 0.321. The number of nitrogens with zero attached hydrogens (tertiary/aromatic N) is 2. The lowest BCUT2D eigenvalue weighted by Gasteiger charge is -1.95. The Balaban J connectivity index is 3.08. The Hall–Kier alpha value is -1.47. The van der Waals surface area contributed by atoms with E-state index < -0.39 is 10.1 Å². The monoisotopic (exact) mass is 202 g/mol. The van der Waals surface area contributed by atoms with E-state index in [2.05, 4.69) is 10.1 Å². The minimum atomic E-state index is -4.20. The highest BCUT2D eigenvalue weighted by Gasteiger charge is 2.08. The van der Waals surface area contributed by atoms with Gasteiger partial charge >= 0.3 is 0 Å². The third kappa shape index (κ3) is 2.49. The fourth-order valence-corrected chi connectivity index (χ4v) is 1.11. The zero-order valence-electron chi connectivity index (χ0n) is 6.32. The minimum absolute atomic E-state index is 0.287. The SMILES string of the molecule is O=S(=O)(O)c1ccc(/C=N/O)nc1. The molecule has 0 radical (unpaired) electrons. The summed E-state index contributed by atoms with van der Waals surface area (Å²) in [5.74, 6) is 0. The zero-order chi connectivity index (χ0) is 9.90. The molecule has 0 atom stereocenters. The maximum atomic E-state index is 10.5. The molecule has 0 fully saturated rings. The summed E-state index contributed by atoms with van der Waals surface area (Å²) in [5, 5.41) is 10.8. The van der Waals surface area contributed by atoms with Crippen molar-refractivity contribution in [2.45, 2.75) is 4.90 Å². The van der Waals surface area contributed by atoms with Crippen molar-refractivity contribution < 1.29 is 18.2 Å². The molecule has 70 valence electrons. The Morgan fingerprint density at radius 3 is 2.54 bits per heavy atom. The summed E-state index contributed by atoms with van der Waals surface area (Å²) < 4.78 is 29.6. The van der Waals surface area contributed by atoms with Gasteiger partial charge in [0.15, 0.2) is 0 Å². The molecular weight excluding hydrogens is 196 g/mol. The quantitative estimate of drug-likeness (QED) is 0.307. The number of pyridine rings is 1. The third-order valence-corrected chi connectivity index (χ3v) is 2.08. The van der Waals surface area contributed by atoms with Crippen LogP contribution < -0.4 is 0 Å². The molecule has 0 amide bonds. The molecule has 0 spiro atoms. The van der Waals surface area contributed by atoms with Gasteiger partial charge in [0.25, 0.3) is 10.1 Å². The average Bonchev–Trinajstić information content (AvgIpc) is 2.04. The third-order valence-electron chi connectivity index (χ3n) is 1.25. The van der Waals surface area contributed by atoms with Gasteiger partial charge in [0.05, 0.1) is 11.9 Å². The second kappa shape index (κ2) is 3.50. The Labute approximate surface area is 74.3 Å². The zero-order valence-corrected chi connectivity index (χ0v) is 7.14. The van der Waals surface area contributed by atoms with E-state index in [1.165, 1.54) is 6.07 Å². The van der Waals surface area contributed by atoms with Gasteiger partial charge in [0.1, 0.15) is 4.90 Å². The molecule has 0 saturated heterocycles. The van der Waals surface area contributed by atoms with Crippen LogP contribution in [0.3, 0.4) is 0 Å². The summed E-state index contributed by atoms with van der Waals surface area (Å²) in [6, 6.07) is 2.45. The molecule has 0 bridgehead atoms. The predicted molar refractivity (Wildman–Crippen MR) is 43.4 cm³/mol. The highest BCUT2D eigenvalue weighted by molar-refractivity contribution is 7.85. The Morgan fingerprint density at radius 1 is 1.46 bits per heavy atom. The summed E-state index contributed by atoms with van der Waals surface area (Å²) in [5.41, 5.74) is 0.287. The predicted octanol–water partition coefficient (Wildman–Crippen LogP) is 0.136. The first kappa shape index (κ1) is 9.62. The Bertz CT molecular complexity index is 409.